The number of hydrogen-bond acceptors (Lipinski definition) is 4. The highest BCUT2D eigenvalue weighted by Gasteiger charge is 2.27. The lowest BCUT2D eigenvalue weighted by Gasteiger charge is -2.32. The number of hydrogen-bond donors (Lipinski definition) is 1. The summed E-state index contributed by atoms with van der Waals surface area (Å²) in [7, 11) is 0. The van der Waals surface area contributed by atoms with Crippen molar-refractivity contribution in [1.82, 2.24) is 5.32 Å². The molecule has 0 aliphatic carbocycles. The molecule has 0 aromatic heterocycles. The van der Waals surface area contributed by atoms with Crippen LogP contribution in [0.5, 0.6) is 17.2 Å². The van der Waals surface area contributed by atoms with Crippen LogP contribution in [-0.2, 0) is 0 Å². The van der Waals surface area contributed by atoms with Crippen LogP contribution in [0.25, 0.3) is 0 Å². The predicted molar refractivity (Wildman–Crippen MR) is 88.2 cm³/mol. The molecule has 1 fully saturated rings. The van der Waals surface area contributed by atoms with Gasteiger partial charge in [-0.05, 0) is 48.7 Å². The molecule has 0 spiro atoms. The molecule has 0 saturated carbocycles. The van der Waals surface area contributed by atoms with Crippen LogP contribution in [0.15, 0.2) is 42.5 Å². The van der Waals surface area contributed by atoms with E-state index in [4.69, 9.17) is 25.2 Å². The van der Waals surface area contributed by atoms with E-state index in [0.29, 0.717) is 0 Å². The van der Waals surface area contributed by atoms with Gasteiger partial charge in [0.05, 0.1) is 9.30 Å². The maximum atomic E-state index is 13.5. The molecule has 2 heterocycles. The first kappa shape index (κ1) is 8.72. The van der Waals surface area contributed by atoms with Gasteiger partial charge in [-0.2, -0.15) is 0 Å². The van der Waals surface area contributed by atoms with Crippen molar-refractivity contribution < 1.29 is 29.6 Å². The van der Waals surface area contributed by atoms with E-state index in [2.05, 4.69) is 5.32 Å². The average molecular weight is 337 g/mol. The Morgan fingerprint density at radius 3 is 2.96 bits per heavy atom. The van der Waals surface area contributed by atoms with Crippen molar-refractivity contribution in [2.45, 2.75) is 12.3 Å². The molecule has 2 atom stereocenters. The smallest absolute Gasteiger partial charge is 0.231 e. The summed E-state index contributed by atoms with van der Waals surface area (Å²) in [6.45, 7) is -8.20. The topological polar surface area (TPSA) is 39.7 Å². The van der Waals surface area contributed by atoms with Crippen molar-refractivity contribution in [3.63, 3.8) is 0 Å². The van der Waals surface area contributed by atoms with Gasteiger partial charge in [-0.15, -0.1) is 0 Å². The van der Waals surface area contributed by atoms with Gasteiger partial charge in [0.15, 0.2) is 11.5 Å². The Hall–Kier alpha value is -2.27. The van der Waals surface area contributed by atoms with E-state index >= 15 is 0 Å². The SMILES string of the molecule is [2H]C1([2H])Oc2ccc(OC([2H])([2H])[C@@]3([2H])C([2H])([2H])NCCC3([2H])c3ccc(F)cc3)cc2O1. The van der Waals surface area contributed by atoms with Gasteiger partial charge in [0.2, 0.25) is 6.75 Å². The predicted octanol–water partition coefficient (Wildman–Crippen LogP) is 3.33. The third-order valence-electron chi connectivity index (χ3n) is 3.70. The summed E-state index contributed by atoms with van der Waals surface area (Å²) in [5, 5.41) is 2.47. The van der Waals surface area contributed by atoms with Gasteiger partial charge in [-0.3, -0.25) is 0 Å². The summed E-state index contributed by atoms with van der Waals surface area (Å²) in [6, 6.07) is 8.36. The van der Waals surface area contributed by atoms with Crippen molar-refractivity contribution in [3.05, 3.63) is 53.8 Å². The Bertz CT molecular complexity index is 1040. The summed E-state index contributed by atoms with van der Waals surface area (Å²) in [6.07, 6.45) is -0.133. The molecule has 5 heteroatoms. The lowest BCUT2D eigenvalue weighted by Crippen LogP contribution is -2.38. The Balaban J connectivity index is 1.76. The molecule has 1 unspecified atom stereocenters. The summed E-state index contributed by atoms with van der Waals surface area (Å²) in [4.78, 5) is 0. The zero-order chi connectivity index (χ0) is 23.6. The molecule has 2 aromatic rings. The molecule has 4 rings (SSSR count). The van der Waals surface area contributed by atoms with E-state index in [9.17, 15) is 4.39 Å². The second-order valence-electron chi connectivity index (χ2n) is 5.26. The number of benzene rings is 2. The number of piperidine rings is 1. The highest BCUT2D eigenvalue weighted by atomic mass is 19.1. The molecule has 126 valence electrons. The van der Waals surface area contributed by atoms with Gasteiger partial charge < -0.3 is 19.5 Å². The van der Waals surface area contributed by atoms with Gasteiger partial charge in [-0.1, -0.05) is 12.1 Å². The normalized spacial score (nSPS) is 38.2. The quantitative estimate of drug-likeness (QED) is 0.929. The van der Waals surface area contributed by atoms with E-state index < -0.39 is 37.4 Å². The summed E-state index contributed by atoms with van der Waals surface area (Å²) >= 11 is 0. The van der Waals surface area contributed by atoms with E-state index in [1.807, 2.05) is 0 Å². The van der Waals surface area contributed by atoms with Crippen molar-refractivity contribution in [3.8, 4) is 17.2 Å². The van der Waals surface area contributed by atoms with Gasteiger partial charge >= 0.3 is 0 Å². The maximum Gasteiger partial charge on any atom is 0.231 e. The first-order valence-corrected chi connectivity index (χ1v) is 7.43. The number of nitrogens with one attached hydrogen (secondary N) is 1. The molecule has 0 radical (unpaired) electrons. The molecule has 0 bridgehead atoms. The van der Waals surface area contributed by atoms with E-state index in [1.165, 1.54) is 24.3 Å². The van der Waals surface area contributed by atoms with Gasteiger partial charge in [0.25, 0.3) is 0 Å². The van der Waals surface area contributed by atoms with Crippen LogP contribution in [0.4, 0.5) is 4.39 Å². The van der Waals surface area contributed by atoms with E-state index in [1.54, 1.807) is 0 Å². The van der Waals surface area contributed by atoms with Crippen LogP contribution in [0.2, 0.25) is 0 Å². The van der Waals surface area contributed by atoms with Gasteiger partial charge in [0.1, 0.15) is 14.3 Å². The van der Waals surface area contributed by atoms with Crippen LogP contribution in [0.3, 0.4) is 0 Å². The van der Waals surface area contributed by atoms with Crippen molar-refractivity contribution in [2.75, 3.05) is 26.3 Å². The minimum atomic E-state index is -3.08. The minimum absolute atomic E-state index is 0.0102. The Labute approximate surface area is 151 Å². The molecular weight excluding hydrogens is 309 g/mol. The zero-order valence-electron chi connectivity index (χ0n) is 20.6. The zero-order valence-corrected chi connectivity index (χ0v) is 12.6. The van der Waals surface area contributed by atoms with Crippen LogP contribution in [0, 0.1) is 11.7 Å². The van der Waals surface area contributed by atoms with Crippen LogP contribution >= 0.6 is 0 Å². The summed E-state index contributed by atoms with van der Waals surface area (Å²) < 4.78 is 95.8. The molecule has 24 heavy (non-hydrogen) atoms. The van der Waals surface area contributed by atoms with E-state index in [0.717, 1.165) is 18.2 Å². The maximum absolute atomic E-state index is 13.5. The van der Waals surface area contributed by atoms with Crippen molar-refractivity contribution in [1.29, 1.82) is 0 Å². The lowest BCUT2D eigenvalue weighted by atomic mass is 9.81. The average Bonchev–Trinajstić information content (AvgIpc) is 2.99. The molecule has 0 amide bonds. The lowest BCUT2D eigenvalue weighted by molar-refractivity contribution is 0.173. The molecule has 2 aliphatic heterocycles. The molecule has 1 saturated heterocycles. The number of rotatable bonds is 4. The van der Waals surface area contributed by atoms with Crippen molar-refractivity contribution >= 4 is 0 Å². The monoisotopic (exact) mass is 337 g/mol. The number of fused-ring (bicyclic) bond motifs is 1. The Morgan fingerprint density at radius 1 is 1.25 bits per heavy atom. The highest BCUT2D eigenvalue weighted by Crippen LogP contribution is 2.36. The largest absolute Gasteiger partial charge is 0.493 e. The number of ether oxygens (including phenoxy) is 3. The van der Waals surface area contributed by atoms with Gasteiger partial charge in [0, 0.05) is 23.9 Å². The van der Waals surface area contributed by atoms with Crippen LogP contribution in [0.1, 0.15) is 28.8 Å². The molecular formula is C19H20FNO3. The fourth-order valence-electron chi connectivity index (χ4n) is 2.50. The molecule has 1 N–H and O–H groups in total. The number of halogens is 1. The Kier molecular flexibility index (Phi) is 2.43. The van der Waals surface area contributed by atoms with E-state index in [-0.39, 0.29) is 35.8 Å². The Morgan fingerprint density at radius 2 is 2.08 bits per heavy atom. The van der Waals surface area contributed by atoms with Crippen LogP contribution in [-0.4, -0.2) is 26.3 Å². The second kappa shape index (κ2) is 6.69. The third kappa shape index (κ3) is 3.17. The fraction of sp³-hybridized carbons (Fsp3) is 0.368. The first-order chi connectivity index (χ1) is 14.7. The minimum Gasteiger partial charge on any atom is -0.493 e. The highest BCUT2D eigenvalue weighted by molar-refractivity contribution is 5.46. The van der Waals surface area contributed by atoms with Crippen LogP contribution < -0.4 is 19.5 Å². The molecule has 2 aromatic carbocycles. The first-order valence-electron chi connectivity index (χ1n) is 11.4. The third-order valence-corrected chi connectivity index (χ3v) is 3.70. The standard InChI is InChI=1S/C19H20FNO3/c20-15-3-1-13(2-4-15)17-7-8-21-10-14(17)11-22-16-5-6-18-19(9-16)24-12-23-18/h1-6,9,14,17,21H,7-8,10-12H2/t14-,17?/m1/s1/i10D2,11D2,12D2,14D,17D. The molecule has 4 nitrogen and oxygen atoms in total. The molecule has 2 aliphatic rings. The summed E-state index contributed by atoms with van der Waals surface area (Å²) in [5.74, 6) is -5.74. The summed E-state index contributed by atoms with van der Waals surface area (Å²) in [5.41, 5.74) is 0.0747. The second-order valence-corrected chi connectivity index (χ2v) is 5.26. The van der Waals surface area contributed by atoms with Gasteiger partial charge in [-0.25, -0.2) is 4.39 Å². The van der Waals surface area contributed by atoms with Crippen molar-refractivity contribution in [2.24, 2.45) is 5.89 Å². The fourth-order valence-corrected chi connectivity index (χ4v) is 2.50.